The van der Waals surface area contributed by atoms with Gasteiger partial charge >= 0.3 is 0 Å². The second-order valence-electron chi connectivity index (χ2n) is 5.70. The molecule has 0 amide bonds. The first-order valence-corrected chi connectivity index (χ1v) is 8.78. The van der Waals surface area contributed by atoms with Crippen molar-refractivity contribution in [2.45, 2.75) is 44.3 Å². The normalized spacial score (nSPS) is 17.5. The maximum atomic E-state index is 9.11. The SMILES string of the molecule is Cc1nn(CCO)c(C)c1CN[C@H]1CCSc2ccccc21. The lowest BCUT2D eigenvalue weighted by Gasteiger charge is -2.26. The molecule has 0 radical (unpaired) electrons. The van der Waals surface area contributed by atoms with E-state index in [9.17, 15) is 0 Å². The Bertz CT molecular complexity index is 653. The lowest BCUT2D eigenvalue weighted by molar-refractivity contribution is 0.267. The third-order valence-corrected chi connectivity index (χ3v) is 5.45. The van der Waals surface area contributed by atoms with Gasteiger partial charge in [-0.25, -0.2) is 0 Å². The van der Waals surface area contributed by atoms with Crippen LogP contribution in [0.3, 0.4) is 0 Å². The number of rotatable bonds is 5. The summed E-state index contributed by atoms with van der Waals surface area (Å²) in [6.07, 6.45) is 1.16. The summed E-state index contributed by atoms with van der Waals surface area (Å²) in [5.41, 5.74) is 4.87. The zero-order valence-corrected chi connectivity index (χ0v) is 14.0. The van der Waals surface area contributed by atoms with Gasteiger partial charge in [0.15, 0.2) is 0 Å². The number of hydrogen-bond acceptors (Lipinski definition) is 4. The summed E-state index contributed by atoms with van der Waals surface area (Å²) in [7, 11) is 0. The van der Waals surface area contributed by atoms with E-state index in [4.69, 9.17) is 5.11 Å². The number of thioether (sulfide) groups is 1. The molecule has 4 nitrogen and oxygen atoms in total. The van der Waals surface area contributed by atoms with Crippen molar-refractivity contribution < 1.29 is 5.11 Å². The molecule has 0 saturated carbocycles. The quantitative estimate of drug-likeness (QED) is 0.890. The first-order valence-electron chi connectivity index (χ1n) is 7.79. The minimum Gasteiger partial charge on any atom is -0.394 e. The minimum absolute atomic E-state index is 0.127. The molecule has 1 aromatic heterocycles. The van der Waals surface area contributed by atoms with Crippen molar-refractivity contribution in [1.29, 1.82) is 0 Å². The number of benzene rings is 1. The van der Waals surface area contributed by atoms with E-state index in [-0.39, 0.29) is 6.61 Å². The molecule has 0 aliphatic carbocycles. The molecule has 0 spiro atoms. The molecule has 0 fully saturated rings. The molecular formula is C17H23N3OS. The third kappa shape index (κ3) is 3.07. The van der Waals surface area contributed by atoms with E-state index in [0.29, 0.717) is 12.6 Å². The van der Waals surface area contributed by atoms with Crippen LogP contribution in [0.4, 0.5) is 0 Å². The molecule has 0 unspecified atom stereocenters. The van der Waals surface area contributed by atoms with E-state index in [1.54, 1.807) is 0 Å². The second-order valence-corrected chi connectivity index (χ2v) is 6.84. The summed E-state index contributed by atoms with van der Waals surface area (Å²) in [5, 5.41) is 17.3. The number of hydrogen-bond donors (Lipinski definition) is 2. The van der Waals surface area contributed by atoms with Gasteiger partial charge in [0.1, 0.15) is 0 Å². The Morgan fingerprint density at radius 2 is 2.18 bits per heavy atom. The zero-order valence-electron chi connectivity index (χ0n) is 13.2. The molecule has 0 saturated heterocycles. The predicted octanol–water partition coefficient (Wildman–Crippen LogP) is 2.82. The molecule has 2 N–H and O–H groups in total. The standard InChI is InChI=1S/C17H23N3OS/c1-12-15(13(2)20(19-12)8-9-21)11-18-16-7-10-22-17-6-4-3-5-14(16)17/h3-6,16,18,21H,7-11H2,1-2H3/t16-/m0/s1. The van der Waals surface area contributed by atoms with Crippen LogP contribution >= 0.6 is 11.8 Å². The van der Waals surface area contributed by atoms with Gasteiger partial charge in [-0.05, 0) is 37.7 Å². The van der Waals surface area contributed by atoms with Crippen LogP contribution in [0.15, 0.2) is 29.2 Å². The number of aliphatic hydroxyl groups is 1. The Kier molecular flexibility index (Phi) is 4.86. The van der Waals surface area contributed by atoms with Gasteiger partial charge in [0.25, 0.3) is 0 Å². The summed E-state index contributed by atoms with van der Waals surface area (Å²) in [6, 6.07) is 9.09. The lowest BCUT2D eigenvalue weighted by Crippen LogP contribution is -2.24. The molecule has 118 valence electrons. The molecule has 22 heavy (non-hydrogen) atoms. The summed E-state index contributed by atoms with van der Waals surface area (Å²) < 4.78 is 1.90. The molecule has 0 bridgehead atoms. The maximum Gasteiger partial charge on any atom is 0.0644 e. The van der Waals surface area contributed by atoms with Gasteiger partial charge in [-0.15, -0.1) is 11.8 Å². The third-order valence-electron chi connectivity index (χ3n) is 4.33. The topological polar surface area (TPSA) is 50.1 Å². The van der Waals surface area contributed by atoms with Crippen molar-refractivity contribution in [3.05, 3.63) is 46.8 Å². The molecule has 2 heterocycles. The molecule has 2 aromatic rings. The Morgan fingerprint density at radius 3 is 3.00 bits per heavy atom. The van der Waals surface area contributed by atoms with Crippen molar-refractivity contribution in [2.24, 2.45) is 0 Å². The molecular weight excluding hydrogens is 294 g/mol. The predicted molar refractivity (Wildman–Crippen MR) is 90.2 cm³/mol. The number of nitrogens with zero attached hydrogens (tertiary/aromatic N) is 2. The van der Waals surface area contributed by atoms with E-state index in [0.717, 1.165) is 30.1 Å². The van der Waals surface area contributed by atoms with Crippen LogP contribution in [0, 0.1) is 13.8 Å². The van der Waals surface area contributed by atoms with Crippen LogP contribution in [0.1, 0.15) is 35.0 Å². The van der Waals surface area contributed by atoms with Crippen LogP contribution < -0.4 is 5.32 Å². The fraction of sp³-hybridized carbons (Fsp3) is 0.471. The van der Waals surface area contributed by atoms with Gasteiger partial charge in [-0.1, -0.05) is 18.2 Å². The van der Waals surface area contributed by atoms with Crippen LogP contribution in [0.2, 0.25) is 0 Å². The highest BCUT2D eigenvalue weighted by atomic mass is 32.2. The van der Waals surface area contributed by atoms with Crippen LogP contribution in [0.25, 0.3) is 0 Å². The molecule has 1 aliphatic heterocycles. The fourth-order valence-corrected chi connectivity index (χ4v) is 4.21. The highest BCUT2D eigenvalue weighted by Crippen LogP contribution is 2.36. The summed E-state index contributed by atoms with van der Waals surface area (Å²) in [5.74, 6) is 1.16. The van der Waals surface area contributed by atoms with Crippen molar-refractivity contribution >= 4 is 11.8 Å². The largest absolute Gasteiger partial charge is 0.394 e. The number of nitrogens with one attached hydrogen (secondary N) is 1. The Morgan fingerprint density at radius 1 is 1.36 bits per heavy atom. The number of aromatic nitrogens is 2. The highest BCUT2D eigenvalue weighted by Gasteiger charge is 2.20. The van der Waals surface area contributed by atoms with Gasteiger partial charge < -0.3 is 10.4 Å². The number of aryl methyl sites for hydroxylation is 1. The van der Waals surface area contributed by atoms with Crippen molar-refractivity contribution in [1.82, 2.24) is 15.1 Å². The fourth-order valence-electron chi connectivity index (χ4n) is 3.08. The van der Waals surface area contributed by atoms with Crippen LogP contribution in [0.5, 0.6) is 0 Å². The Balaban J connectivity index is 1.74. The molecule has 1 aromatic carbocycles. The van der Waals surface area contributed by atoms with Crippen LogP contribution in [-0.4, -0.2) is 27.2 Å². The lowest BCUT2D eigenvalue weighted by atomic mass is 10.0. The van der Waals surface area contributed by atoms with Crippen molar-refractivity contribution in [3.8, 4) is 0 Å². The molecule has 3 rings (SSSR count). The van der Waals surface area contributed by atoms with Crippen molar-refractivity contribution in [2.75, 3.05) is 12.4 Å². The maximum absolute atomic E-state index is 9.11. The smallest absolute Gasteiger partial charge is 0.0644 e. The summed E-state index contributed by atoms with van der Waals surface area (Å²) in [4.78, 5) is 1.40. The Hall–Kier alpha value is -1.30. The average Bonchev–Trinajstić information content (AvgIpc) is 2.80. The first kappa shape index (κ1) is 15.6. The summed E-state index contributed by atoms with van der Waals surface area (Å²) >= 11 is 1.95. The van der Waals surface area contributed by atoms with E-state index < -0.39 is 0 Å². The first-order chi connectivity index (χ1) is 10.7. The zero-order chi connectivity index (χ0) is 15.5. The highest BCUT2D eigenvalue weighted by molar-refractivity contribution is 7.99. The summed E-state index contributed by atoms with van der Waals surface area (Å²) in [6.45, 7) is 5.64. The van der Waals surface area contributed by atoms with Gasteiger partial charge in [0.05, 0.1) is 18.8 Å². The van der Waals surface area contributed by atoms with Gasteiger partial charge in [-0.3, -0.25) is 4.68 Å². The van der Waals surface area contributed by atoms with E-state index in [1.165, 1.54) is 16.0 Å². The van der Waals surface area contributed by atoms with Gasteiger partial charge in [0, 0.05) is 28.7 Å². The van der Waals surface area contributed by atoms with Gasteiger partial charge in [-0.2, -0.15) is 5.10 Å². The number of aliphatic hydroxyl groups excluding tert-OH is 1. The molecule has 1 aliphatic rings. The molecule has 1 atom stereocenters. The minimum atomic E-state index is 0.127. The van der Waals surface area contributed by atoms with E-state index in [1.807, 2.05) is 23.4 Å². The molecule has 5 heteroatoms. The van der Waals surface area contributed by atoms with E-state index in [2.05, 4.69) is 41.6 Å². The second kappa shape index (κ2) is 6.86. The Labute approximate surface area is 135 Å². The average molecular weight is 317 g/mol. The van der Waals surface area contributed by atoms with Gasteiger partial charge in [0.2, 0.25) is 0 Å². The monoisotopic (exact) mass is 317 g/mol. The van der Waals surface area contributed by atoms with E-state index >= 15 is 0 Å². The number of fused-ring (bicyclic) bond motifs is 1. The van der Waals surface area contributed by atoms with Crippen molar-refractivity contribution in [3.63, 3.8) is 0 Å². The van der Waals surface area contributed by atoms with Crippen LogP contribution in [-0.2, 0) is 13.1 Å².